The molecule has 0 saturated heterocycles. The van der Waals surface area contributed by atoms with Crippen molar-refractivity contribution in [1.29, 1.82) is 0 Å². The maximum Gasteiger partial charge on any atom is 0.295 e. The van der Waals surface area contributed by atoms with Crippen molar-refractivity contribution in [2.24, 2.45) is 0 Å². The number of nitrogens with one attached hydrogen (secondary N) is 1. The van der Waals surface area contributed by atoms with Crippen LogP contribution in [0.3, 0.4) is 0 Å². The Hall–Kier alpha value is -3.45. The van der Waals surface area contributed by atoms with Crippen LogP contribution in [0.1, 0.15) is 35.5 Å². The Morgan fingerprint density at radius 3 is 2.36 bits per heavy atom. The van der Waals surface area contributed by atoms with Crippen molar-refractivity contribution in [3.8, 4) is 5.69 Å². The van der Waals surface area contributed by atoms with Gasteiger partial charge < -0.3 is 5.32 Å². The number of aryl methyl sites for hydroxylation is 3. The number of hydrogen-bond donors (Lipinski definition) is 1. The number of nitrogens with zero attached hydrogens (tertiary/aromatic N) is 4. The predicted octanol–water partition coefficient (Wildman–Crippen LogP) is 4.08. The molecule has 1 amide bonds. The normalized spacial score (nSPS) is 12.2. The summed E-state index contributed by atoms with van der Waals surface area (Å²) in [4.78, 5) is 26.0. The lowest BCUT2D eigenvalue weighted by Gasteiger charge is -2.15. The van der Waals surface area contributed by atoms with Crippen molar-refractivity contribution in [2.45, 2.75) is 40.2 Å². The standard InChI is InChI=1S/C25H26ClN5O2/c1-15-5-11-21(12-6-15)30-17(3)22-16(2)28-31(25(33)23(22)29-30)18(4)24(32)27-14-13-19-7-9-20(26)10-8-19/h5-12,18H,13-14H2,1-4H3,(H,27,32)/t18-/m1/s1. The van der Waals surface area contributed by atoms with Gasteiger partial charge in [0.15, 0.2) is 5.52 Å². The molecule has 0 unspecified atom stereocenters. The van der Waals surface area contributed by atoms with Gasteiger partial charge in [-0.1, -0.05) is 41.4 Å². The second kappa shape index (κ2) is 9.19. The molecule has 1 N–H and O–H groups in total. The van der Waals surface area contributed by atoms with Crippen LogP contribution in [0, 0.1) is 20.8 Å². The zero-order chi connectivity index (χ0) is 23.7. The summed E-state index contributed by atoms with van der Waals surface area (Å²) in [5.41, 5.74) is 4.49. The number of fused-ring (bicyclic) bond motifs is 1. The number of halogens is 1. The molecule has 0 aliphatic heterocycles. The van der Waals surface area contributed by atoms with Gasteiger partial charge in [0.2, 0.25) is 5.91 Å². The highest BCUT2D eigenvalue weighted by atomic mass is 35.5. The first-order chi connectivity index (χ1) is 15.8. The van der Waals surface area contributed by atoms with Crippen molar-refractivity contribution in [2.75, 3.05) is 6.54 Å². The molecule has 0 spiro atoms. The Bertz CT molecular complexity index is 1370. The van der Waals surface area contributed by atoms with E-state index in [2.05, 4.69) is 15.5 Å². The van der Waals surface area contributed by atoms with E-state index in [1.165, 1.54) is 4.68 Å². The monoisotopic (exact) mass is 463 g/mol. The van der Waals surface area contributed by atoms with Gasteiger partial charge in [0, 0.05) is 11.6 Å². The number of carbonyl (C=O) groups is 1. The Balaban J connectivity index is 1.58. The molecule has 33 heavy (non-hydrogen) atoms. The van der Waals surface area contributed by atoms with Crippen LogP contribution in [0.4, 0.5) is 0 Å². The van der Waals surface area contributed by atoms with Crippen molar-refractivity contribution < 1.29 is 4.79 Å². The molecule has 7 nitrogen and oxygen atoms in total. The zero-order valence-corrected chi connectivity index (χ0v) is 19.8. The smallest absolute Gasteiger partial charge is 0.295 e. The van der Waals surface area contributed by atoms with E-state index in [0.717, 1.165) is 22.5 Å². The van der Waals surface area contributed by atoms with E-state index >= 15 is 0 Å². The number of aromatic nitrogens is 4. The van der Waals surface area contributed by atoms with Crippen LogP contribution < -0.4 is 10.9 Å². The molecule has 0 aliphatic rings. The quantitative estimate of drug-likeness (QED) is 0.467. The summed E-state index contributed by atoms with van der Waals surface area (Å²) >= 11 is 5.91. The number of carbonyl (C=O) groups excluding carboxylic acids is 1. The molecule has 4 aromatic rings. The number of benzene rings is 2. The van der Waals surface area contributed by atoms with E-state index in [4.69, 9.17) is 11.6 Å². The topological polar surface area (TPSA) is 81.8 Å². The fraction of sp³-hybridized carbons (Fsp3) is 0.280. The van der Waals surface area contributed by atoms with E-state index < -0.39 is 6.04 Å². The highest BCUT2D eigenvalue weighted by molar-refractivity contribution is 6.30. The molecule has 2 aromatic heterocycles. The SMILES string of the molecule is Cc1ccc(-n2nc3c(=O)n([C@H](C)C(=O)NCCc4ccc(Cl)cc4)nc(C)c3c2C)cc1. The maximum atomic E-state index is 13.2. The summed E-state index contributed by atoms with van der Waals surface area (Å²) < 4.78 is 2.97. The second-order valence-electron chi connectivity index (χ2n) is 8.23. The van der Waals surface area contributed by atoms with E-state index in [-0.39, 0.29) is 11.5 Å². The third-order valence-electron chi connectivity index (χ3n) is 5.80. The molecular weight excluding hydrogens is 438 g/mol. The third kappa shape index (κ3) is 4.54. The summed E-state index contributed by atoms with van der Waals surface area (Å²) in [5.74, 6) is -0.271. The van der Waals surface area contributed by atoms with E-state index in [9.17, 15) is 9.59 Å². The third-order valence-corrected chi connectivity index (χ3v) is 6.05. The van der Waals surface area contributed by atoms with E-state index in [1.54, 1.807) is 11.6 Å². The molecular formula is C25H26ClN5O2. The molecule has 1 atom stereocenters. The van der Waals surface area contributed by atoms with Gasteiger partial charge in [-0.05, 0) is 63.9 Å². The number of amides is 1. The summed E-state index contributed by atoms with van der Waals surface area (Å²) in [6.45, 7) is 7.88. The van der Waals surface area contributed by atoms with E-state index in [1.807, 2.05) is 69.3 Å². The summed E-state index contributed by atoms with van der Waals surface area (Å²) in [5, 5.41) is 13.3. The molecule has 2 heterocycles. The Labute approximate surface area is 197 Å². The lowest BCUT2D eigenvalue weighted by Crippen LogP contribution is -2.38. The fourth-order valence-electron chi connectivity index (χ4n) is 3.89. The molecule has 0 radical (unpaired) electrons. The van der Waals surface area contributed by atoms with E-state index in [0.29, 0.717) is 34.6 Å². The van der Waals surface area contributed by atoms with Crippen LogP contribution in [0.25, 0.3) is 16.6 Å². The zero-order valence-electron chi connectivity index (χ0n) is 19.1. The van der Waals surface area contributed by atoms with Crippen molar-refractivity contribution >= 4 is 28.4 Å². The van der Waals surface area contributed by atoms with Crippen LogP contribution in [-0.4, -0.2) is 32.0 Å². The van der Waals surface area contributed by atoms with Crippen LogP contribution >= 0.6 is 11.6 Å². The van der Waals surface area contributed by atoms with Crippen LogP contribution in [-0.2, 0) is 11.2 Å². The average Bonchev–Trinajstić information content (AvgIpc) is 3.15. The molecule has 8 heteroatoms. The molecule has 170 valence electrons. The Kier molecular flexibility index (Phi) is 6.33. The van der Waals surface area contributed by atoms with Gasteiger partial charge in [0.05, 0.1) is 22.5 Å². The second-order valence-corrected chi connectivity index (χ2v) is 8.67. The van der Waals surface area contributed by atoms with Crippen LogP contribution in [0.2, 0.25) is 5.02 Å². The lowest BCUT2D eigenvalue weighted by atomic mass is 10.1. The van der Waals surface area contributed by atoms with Crippen LogP contribution in [0.5, 0.6) is 0 Å². The molecule has 0 saturated carbocycles. The first kappa shape index (κ1) is 22.7. The maximum absolute atomic E-state index is 13.2. The Morgan fingerprint density at radius 1 is 1.03 bits per heavy atom. The largest absolute Gasteiger partial charge is 0.354 e. The predicted molar refractivity (Wildman–Crippen MR) is 130 cm³/mol. The van der Waals surface area contributed by atoms with Crippen molar-refractivity contribution in [1.82, 2.24) is 24.9 Å². The fourth-order valence-corrected chi connectivity index (χ4v) is 4.02. The molecule has 2 aromatic carbocycles. The van der Waals surface area contributed by atoms with Gasteiger partial charge in [0.1, 0.15) is 6.04 Å². The highest BCUT2D eigenvalue weighted by Gasteiger charge is 2.23. The van der Waals surface area contributed by atoms with Gasteiger partial charge in [-0.25, -0.2) is 9.36 Å². The van der Waals surface area contributed by atoms with Gasteiger partial charge in [-0.15, -0.1) is 0 Å². The first-order valence-electron chi connectivity index (χ1n) is 10.8. The minimum absolute atomic E-state index is 0.271. The average molecular weight is 464 g/mol. The van der Waals surface area contributed by atoms with Gasteiger partial charge in [-0.2, -0.15) is 10.2 Å². The van der Waals surface area contributed by atoms with Crippen molar-refractivity contribution in [3.63, 3.8) is 0 Å². The van der Waals surface area contributed by atoms with Gasteiger partial charge in [-0.3, -0.25) is 9.59 Å². The minimum atomic E-state index is -0.768. The number of rotatable bonds is 6. The van der Waals surface area contributed by atoms with Crippen molar-refractivity contribution in [3.05, 3.63) is 86.4 Å². The summed E-state index contributed by atoms with van der Waals surface area (Å²) in [6.07, 6.45) is 0.663. The molecule has 0 bridgehead atoms. The van der Waals surface area contributed by atoms with Gasteiger partial charge in [0.25, 0.3) is 5.56 Å². The summed E-state index contributed by atoms with van der Waals surface area (Å²) in [7, 11) is 0. The minimum Gasteiger partial charge on any atom is -0.354 e. The van der Waals surface area contributed by atoms with Crippen LogP contribution in [0.15, 0.2) is 53.3 Å². The lowest BCUT2D eigenvalue weighted by molar-refractivity contribution is -0.124. The Morgan fingerprint density at radius 2 is 1.70 bits per heavy atom. The van der Waals surface area contributed by atoms with Gasteiger partial charge >= 0.3 is 0 Å². The first-order valence-corrected chi connectivity index (χ1v) is 11.2. The molecule has 0 fully saturated rings. The molecule has 0 aliphatic carbocycles. The molecule has 4 rings (SSSR count). The summed E-state index contributed by atoms with van der Waals surface area (Å²) in [6, 6.07) is 14.7. The number of hydrogen-bond acceptors (Lipinski definition) is 4. The highest BCUT2D eigenvalue weighted by Crippen LogP contribution is 2.22.